The average Bonchev–Trinajstić information content (AvgIpc) is 2.99. The van der Waals surface area contributed by atoms with Crippen molar-refractivity contribution in [1.29, 1.82) is 0 Å². The molecule has 1 N–H and O–H groups in total. The van der Waals surface area contributed by atoms with Crippen LogP contribution in [0.3, 0.4) is 0 Å². The van der Waals surface area contributed by atoms with E-state index in [4.69, 9.17) is 0 Å². The van der Waals surface area contributed by atoms with E-state index >= 15 is 0 Å². The lowest BCUT2D eigenvalue weighted by Gasteiger charge is -2.08. The SMILES string of the molecule is CC(=O)c1cccc(NC(=O)Cn2ccc3sccc3c2=O)c1. The quantitative estimate of drug-likeness (QED) is 0.750. The van der Waals surface area contributed by atoms with Crippen LogP contribution < -0.4 is 10.9 Å². The number of thiophene rings is 1. The largest absolute Gasteiger partial charge is 0.325 e. The second-order valence-corrected chi connectivity index (χ2v) is 6.08. The summed E-state index contributed by atoms with van der Waals surface area (Å²) in [6, 6.07) is 10.3. The summed E-state index contributed by atoms with van der Waals surface area (Å²) in [4.78, 5) is 35.8. The van der Waals surface area contributed by atoms with Crippen molar-refractivity contribution in [1.82, 2.24) is 4.57 Å². The smallest absolute Gasteiger partial charge is 0.259 e. The molecule has 0 radical (unpaired) electrons. The van der Waals surface area contributed by atoms with Crippen molar-refractivity contribution < 1.29 is 9.59 Å². The molecule has 116 valence electrons. The number of pyridine rings is 1. The second-order valence-electron chi connectivity index (χ2n) is 5.13. The first-order valence-electron chi connectivity index (χ1n) is 7.02. The molecule has 5 nitrogen and oxygen atoms in total. The molecule has 0 unspecified atom stereocenters. The molecule has 0 aliphatic carbocycles. The molecule has 0 saturated heterocycles. The Labute approximate surface area is 136 Å². The van der Waals surface area contributed by atoms with Gasteiger partial charge in [0.25, 0.3) is 5.56 Å². The number of amides is 1. The topological polar surface area (TPSA) is 68.2 Å². The summed E-state index contributed by atoms with van der Waals surface area (Å²) in [5.74, 6) is -0.386. The molecule has 3 rings (SSSR count). The van der Waals surface area contributed by atoms with Gasteiger partial charge in [-0.15, -0.1) is 11.3 Å². The molecule has 1 aromatic carbocycles. The second kappa shape index (κ2) is 6.18. The molecule has 0 atom stereocenters. The predicted molar refractivity (Wildman–Crippen MR) is 91.2 cm³/mol. The van der Waals surface area contributed by atoms with E-state index in [0.29, 0.717) is 16.6 Å². The molecule has 0 saturated carbocycles. The number of hydrogen-bond acceptors (Lipinski definition) is 4. The maximum Gasteiger partial charge on any atom is 0.259 e. The van der Waals surface area contributed by atoms with Gasteiger partial charge in [-0.25, -0.2) is 0 Å². The summed E-state index contributed by atoms with van der Waals surface area (Å²) < 4.78 is 2.28. The number of nitrogens with zero attached hydrogens (tertiary/aromatic N) is 1. The molecule has 23 heavy (non-hydrogen) atoms. The summed E-state index contributed by atoms with van der Waals surface area (Å²) >= 11 is 1.49. The summed E-state index contributed by atoms with van der Waals surface area (Å²) in [5, 5.41) is 5.17. The first kappa shape index (κ1) is 15.2. The third-order valence-electron chi connectivity index (χ3n) is 3.46. The van der Waals surface area contributed by atoms with Crippen molar-refractivity contribution in [2.45, 2.75) is 13.5 Å². The molecule has 2 heterocycles. The van der Waals surface area contributed by atoms with Crippen molar-refractivity contribution in [3.8, 4) is 0 Å². The molecule has 6 heteroatoms. The molecule has 3 aromatic rings. The molecule has 2 aromatic heterocycles. The summed E-state index contributed by atoms with van der Waals surface area (Å²) in [7, 11) is 0. The Kier molecular flexibility index (Phi) is 4.08. The molecule has 0 aliphatic rings. The number of aromatic nitrogens is 1. The molecule has 0 aliphatic heterocycles. The Balaban J connectivity index is 1.78. The first-order valence-corrected chi connectivity index (χ1v) is 7.90. The van der Waals surface area contributed by atoms with E-state index in [0.717, 1.165) is 4.70 Å². The van der Waals surface area contributed by atoms with Gasteiger partial charge >= 0.3 is 0 Å². The van der Waals surface area contributed by atoms with Gasteiger partial charge in [-0.2, -0.15) is 0 Å². The Morgan fingerprint density at radius 3 is 2.83 bits per heavy atom. The van der Waals surface area contributed by atoms with Crippen LogP contribution in [0, 0.1) is 0 Å². The van der Waals surface area contributed by atoms with Crippen LogP contribution >= 0.6 is 11.3 Å². The zero-order valence-corrected chi connectivity index (χ0v) is 13.2. The number of anilines is 1. The molecule has 0 bridgehead atoms. The summed E-state index contributed by atoms with van der Waals surface area (Å²) in [6.45, 7) is 1.39. The lowest BCUT2D eigenvalue weighted by Crippen LogP contribution is -2.27. The number of benzene rings is 1. The average molecular weight is 326 g/mol. The van der Waals surface area contributed by atoms with Crippen LogP contribution in [0.1, 0.15) is 17.3 Å². The van der Waals surface area contributed by atoms with Gasteiger partial charge in [-0.1, -0.05) is 12.1 Å². The lowest BCUT2D eigenvalue weighted by molar-refractivity contribution is -0.116. The number of Topliss-reactive ketones (excluding diaryl/α,β-unsaturated/α-hetero) is 1. The van der Waals surface area contributed by atoms with Gasteiger partial charge in [0.2, 0.25) is 5.91 Å². The van der Waals surface area contributed by atoms with Crippen molar-refractivity contribution in [2.24, 2.45) is 0 Å². The number of nitrogens with one attached hydrogen (secondary N) is 1. The first-order chi connectivity index (χ1) is 11.0. The minimum Gasteiger partial charge on any atom is -0.325 e. The number of hydrogen-bond donors (Lipinski definition) is 1. The Morgan fingerprint density at radius 2 is 2.04 bits per heavy atom. The monoisotopic (exact) mass is 326 g/mol. The van der Waals surface area contributed by atoms with Crippen LogP contribution in [0.15, 0.2) is 52.8 Å². The number of carbonyl (C=O) groups is 2. The van der Waals surface area contributed by atoms with E-state index < -0.39 is 0 Å². The van der Waals surface area contributed by atoms with Crippen molar-refractivity contribution in [2.75, 3.05) is 5.32 Å². The van der Waals surface area contributed by atoms with E-state index in [1.165, 1.54) is 22.8 Å². The van der Waals surface area contributed by atoms with Crippen LogP contribution in [0.2, 0.25) is 0 Å². The van der Waals surface area contributed by atoms with E-state index in [1.54, 1.807) is 36.5 Å². The molecular formula is C17H14N2O3S. The van der Waals surface area contributed by atoms with Crippen LogP contribution in [0.25, 0.3) is 10.1 Å². The molecule has 0 spiro atoms. The fourth-order valence-electron chi connectivity index (χ4n) is 2.30. The highest BCUT2D eigenvalue weighted by Crippen LogP contribution is 2.16. The van der Waals surface area contributed by atoms with Gasteiger partial charge in [0.05, 0.1) is 5.39 Å². The fourth-order valence-corrected chi connectivity index (χ4v) is 3.07. The third-order valence-corrected chi connectivity index (χ3v) is 4.34. The van der Waals surface area contributed by atoms with Gasteiger partial charge in [-0.3, -0.25) is 14.4 Å². The molecule has 1 amide bonds. The van der Waals surface area contributed by atoms with Gasteiger partial charge in [-0.05, 0) is 36.6 Å². The fraction of sp³-hybridized carbons (Fsp3) is 0.118. The molecule has 0 fully saturated rings. The van der Waals surface area contributed by atoms with E-state index in [1.807, 2.05) is 11.4 Å². The maximum absolute atomic E-state index is 12.3. The van der Waals surface area contributed by atoms with Crippen LogP contribution in [0.5, 0.6) is 0 Å². The highest BCUT2D eigenvalue weighted by molar-refractivity contribution is 7.17. The van der Waals surface area contributed by atoms with Crippen molar-refractivity contribution >= 4 is 38.8 Å². The van der Waals surface area contributed by atoms with E-state index in [-0.39, 0.29) is 23.8 Å². The highest BCUT2D eigenvalue weighted by atomic mass is 32.1. The Morgan fingerprint density at radius 1 is 1.22 bits per heavy atom. The third kappa shape index (κ3) is 3.22. The van der Waals surface area contributed by atoms with Crippen molar-refractivity contribution in [3.05, 3.63) is 63.9 Å². The normalized spacial score (nSPS) is 10.7. The van der Waals surface area contributed by atoms with E-state index in [2.05, 4.69) is 5.32 Å². The minimum atomic E-state index is -0.317. The van der Waals surface area contributed by atoms with Gasteiger partial charge < -0.3 is 9.88 Å². The van der Waals surface area contributed by atoms with Crippen LogP contribution in [-0.4, -0.2) is 16.3 Å². The van der Waals surface area contributed by atoms with Crippen molar-refractivity contribution in [3.63, 3.8) is 0 Å². The van der Waals surface area contributed by atoms with Gasteiger partial charge in [0.15, 0.2) is 5.78 Å². The Hall–Kier alpha value is -2.73. The number of fused-ring (bicyclic) bond motifs is 1. The zero-order chi connectivity index (χ0) is 16.4. The minimum absolute atomic E-state index is 0.0692. The summed E-state index contributed by atoms with van der Waals surface area (Å²) in [6.07, 6.45) is 1.62. The highest BCUT2D eigenvalue weighted by Gasteiger charge is 2.09. The number of ketones is 1. The lowest BCUT2D eigenvalue weighted by atomic mass is 10.1. The maximum atomic E-state index is 12.3. The summed E-state index contributed by atoms with van der Waals surface area (Å²) in [5.41, 5.74) is 0.878. The number of carbonyl (C=O) groups excluding carboxylic acids is 2. The zero-order valence-electron chi connectivity index (χ0n) is 12.4. The van der Waals surface area contributed by atoms with Gasteiger partial charge in [0.1, 0.15) is 6.54 Å². The van der Waals surface area contributed by atoms with E-state index in [9.17, 15) is 14.4 Å². The van der Waals surface area contributed by atoms with Crippen LogP contribution in [0.4, 0.5) is 5.69 Å². The standard InChI is InChI=1S/C17H14N2O3S/c1-11(20)12-3-2-4-13(9-12)18-16(21)10-19-7-5-15-14(17(19)22)6-8-23-15/h2-9H,10H2,1H3,(H,18,21). The van der Waals surface area contributed by atoms with Gasteiger partial charge in [0, 0.05) is 22.1 Å². The van der Waals surface area contributed by atoms with Crippen LogP contribution in [-0.2, 0) is 11.3 Å². The Bertz CT molecular complexity index is 956. The predicted octanol–water partition coefficient (Wildman–Crippen LogP) is 2.90. The molecular weight excluding hydrogens is 312 g/mol. The number of rotatable bonds is 4.